The number of carbonyl (C=O) groups is 2. The summed E-state index contributed by atoms with van der Waals surface area (Å²) in [5.41, 5.74) is 2.60. The van der Waals surface area contributed by atoms with Crippen LogP contribution in [0.25, 0.3) is 0 Å². The van der Waals surface area contributed by atoms with Gasteiger partial charge in [0.2, 0.25) is 0 Å². The second-order valence-electron chi connectivity index (χ2n) is 5.91. The molecule has 2 atom stereocenters. The van der Waals surface area contributed by atoms with Crippen LogP contribution in [0.15, 0.2) is 36.0 Å². The fourth-order valence-corrected chi connectivity index (χ4v) is 3.22. The molecule has 5 heteroatoms. The minimum atomic E-state index is -0.819. The van der Waals surface area contributed by atoms with Gasteiger partial charge in [-0.1, -0.05) is 37.1 Å². The van der Waals surface area contributed by atoms with Crippen LogP contribution in [0.3, 0.4) is 0 Å². The van der Waals surface area contributed by atoms with Crippen molar-refractivity contribution < 1.29 is 14.7 Å². The fourth-order valence-electron chi connectivity index (χ4n) is 3.22. The van der Waals surface area contributed by atoms with Gasteiger partial charge in [-0.25, -0.2) is 0 Å². The number of amides is 1. The zero-order valence-corrected chi connectivity index (χ0v) is 12.3. The Bertz CT molecular complexity index is 624. The van der Waals surface area contributed by atoms with E-state index in [-0.39, 0.29) is 11.9 Å². The van der Waals surface area contributed by atoms with Crippen molar-refractivity contribution in [1.29, 1.82) is 0 Å². The van der Waals surface area contributed by atoms with E-state index in [1.54, 1.807) is 0 Å². The van der Waals surface area contributed by atoms with Crippen LogP contribution in [0, 0.1) is 5.92 Å². The number of fused-ring (bicyclic) bond motifs is 1. The molecule has 0 spiro atoms. The normalized spacial score (nSPS) is 23.7. The summed E-state index contributed by atoms with van der Waals surface area (Å²) < 4.78 is 0. The van der Waals surface area contributed by atoms with Crippen molar-refractivity contribution in [2.24, 2.45) is 5.92 Å². The molecule has 1 amide bonds. The number of para-hydroxylation sites is 1. The number of carboxylic acids is 1. The number of hydrogen-bond acceptors (Lipinski definition) is 3. The quantitative estimate of drug-likeness (QED) is 0.800. The molecule has 1 aromatic carbocycles. The summed E-state index contributed by atoms with van der Waals surface area (Å²) in [7, 11) is 0. The zero-order valence-electron chi connectivity index (χ0n) is 12.3. The number of aliphatic carboxylic acids is 1. The summed E-state index contributed by atoms with van der Waals surface area (Å²) in [5.74, 6) is -1.51. The minimum absolute atomic E-state index is 0.215. The van der Waals surface area contributed by atoms with Crippen LogP contribution in [-0.2, 0) is 16.0 Å². The van der Waals surface area contributed by atoms with Gasteiger partial charge in [-0.3, -0.25) is 9.59 Å². The average molecular weight is 300 g/mol. The molecule has 2 aliphatic rings. The Labute approximate surface area is 129 Å². The Morgan fingerprint density at radius 1 is 1.18 bits per heavy atom. The molecule has 5 nitrogen and oxygen atoms in total. The van der Waals surface area contributed by atoms with E-state index in [0.717, 1.165) is 30.5 Å². The average Bonchev–Trinajstić information content (AvgIpc) is 2.54. The highest BCUT2D eigenvalue weighted by Gasteiger charge is 2.32. The van der Waals surface area contributed by atoms with Gasteiger partial charge in [0, 0.05) is 11.7 Å². The highest BCUT2D eigenvalue weighted by molar-refractivity contribution is 5.97. The molecule has 3 N–H and O–H groups in total. The van der Waals surface area contributed by atoms with Crippen LogP contribution in [0.2, 0.25) is 0 Å². The maximum Gasteiger partial charge on any atom is 0.308 e. The van der Waals surface area contributed by atoms with Gasteiger partial charge in [-0.05, 0) is 30.9 Å². The van der Waals surface area contributed by atoms with Gasteiger partial charge in [-0.15, -0.1) is 0 Å². The lowest BCUT2D eigenvalue weighted by atomic mass is 9.84. The number of allylic oxidation sites excluding steroid dienone is 1. The molecule has 3 rings (SSSR count). The van der Waals surface area contributed by atoms with Crippen molar-refractivity contribution in [3.8, 4) is 0 Å². The molecule has 1 saturated carbocycles. The Balaban J connectivity index is 1.67. The second-order valence-corrected chi connectivity index (χ2v) is 5.91. The topological polar surface area (TPSA) is 78.4 Å². The molecule has 0 unspecified atom stereocenters. The van der Waals surface area contributed by atoms with E-state index >= 15 is 0 Å². The maximum atomic E-state index is 12.4. The van der Waals surface area contributed by atoms with Crippen molar-refractivity contribution in [1.82, 2.24) is 5.32 Å². The molecular formula is C17H20N2O3. The van der Waals surface area contributed by atoms with Crippen molar-refractivity contribution in [3.05, 3.63) is 41.6 Å². The van der Waals surface area contributed by atoms with Gasteiger partial charge in [0.25, 0.3) is 5.91 Å². The third-order valence-corrected chi connectivity index (χ3v) is 4.46. The lowest BCUT2D eigenvalue weighted by Gasteiger charge is -2.30. The minimum Gasteiger partial charge on any atom is -0.481 e. The van der Waals surface area contributed by atoms with Gasteiger partial charge in [-0.2, -0.15) is 0 Å². The van der Waals surface area contributed by atoms with Crippen molar-refractivity contribution in [2.75, 3.05) is 5.32 Å². The van der Waals surface area contributed by atoms with Gasteiger partial charge in [0.1, 0.15) is 5.70 Å². The number of benzene rings is 1. The molecule has 1 aromatic rings. The van der Waals surface area contributed by atoms with E-state index in [2.05, 4.69) is 10.6 Å². The molecule has 1 heterocycles. The number of nitrogens with one attached hydrogen (secondary N) is 2. The lowest BCUT2D eigenvalue weighted by Crippen LogP contribution is -2.46. The van der Waals surface area contributed by atoms with Crippen LogP contribution < -0.4 is 10.6 Å². The fraction of sp³-hybridized carbons (Fsp3) is 0.412. The highest BCUT2D eigenvalue weighted by Crippen LogP contribution is 2.26. The Morgan fingerprint density at radius 3 is 2.77 bits per heavy atom. The third-order valence-electron chi connectivity index (χ3n) is 4.46. The SMILES string of the molecule is O=C(N[C@H]1CCCC[C@H]1C(=O)O)C1=CCc2ccccc2N1. The molecule has 0 radical (unpaired) electrons. The molecule has 22 heavy (non-hydrogen) atoms. The molecule has 116 valence electrons. The molecule has 1 aliphatic carbocycles. The summed E-state index contributed by atoms with van der Waals surface area (Å²) >= 11 is 0. The van der Waals surface area contributed by atoms with Crippen molar-refractivity contribution >= 4 is 17.6 Å². The first-order valence-electron chi connectivity index (χ1n) is 7.74. The van der Waals surface area contributed by atoms with Gasteiger partial charge >= 0.3 is 5.97 Å². The van der Waals surface area contributed by atoms with Crippen LogP contribution >= 0.6 is 0 Å². The molecule has 1 fully saturated rings. The van der Waals surface area contributed by atoms with Crippen LogP contribution in [0.1, 0.15) is 31.2 Å². The summed E-state index contributed by atoms with van der Waals surface area (Å²) in [6.07, 6.45) is 5.80. The second kappa shape index (κ2) is 6.22. The predicted octanol–water partition coefficient (Wildman–Crippen LogP) is 2.30. The van der Waals surface area contributed by atoms with E-state index in [4.69, 9.17) is 0 Å². The molecule has 0 aromatic heterocycles. The lowest BCUT2D eigenvalue weighted by molar-refractivity contribution is -0.144. The van der Waals surface area contributed by atoms with Crippen LogP contribution in [-0.4, -0.2) is 23.0 Å². The monoisotopic (exact) mass is 300 g/mol. The summed E-state index contributed by atoms with van der Waals surface area (Å²) in [6.45, 7) is 0. The standard InChI is InChI=1S/C17H20N2O3/c20-16(19-14-8-4-2-6-12(14)17(21)22)15-10-9-11-5-1-3-7-13(11)18-15/h1,3,5,7,10,12,14,18H,2,4,6,8-9H2,(H,19,20)(H,21,22)/t12-,14+/m1/s1. The first-order valence-corrected chi connectivity index (χ1v) is 7.74. The first kappa shape index (κ1) is 14.6. The summed E-state index contributed by atoms with van der Waals surface area (Å²) in [6, 6.07) is 7.58. The number of carbonyl (C=O) groups excluding carboxylic acids is 1. The first-order chi connectivity index (χ1) is 10.6. The van der Waals surface area contributed by atoms with Crippen LogP contribution in [0.4, 0.5) is 5.69 Å². The predicted molar refractivity (Wildman–Crippen MR) is 83.4 cm³/mol. The van der Waals surface area contributed by atoms with E-state index in [9.17, 15) is 14.7 Å². The Morgan fingerprint density at radius 2 is 1.95 bits per heavy atom. The summed E-state index contributed by atoms with van der Waals surface area (Å²) in [4.78, 5) is 23.7. The van der Waals surface area contributed by atoms with Gasteiger partial charge in [0.05, 0.1) is 5.92 Å². The number of carboxylic acid groups (broad SMARTS) is 1. The van der Waals surface area contributed by atoms with Crippen LogP contribution in [0.5, 0.6) is 0 Å². The Hall–Kier alpha value is -2.30. The van der Waals surface area contributed by atoms with E-state index in [1.807, 2.05) is 30.3 Å². The van der Waals surface area contributed by atoms with Gasteiger partial charge < -0.3 is 15.7 Å². The summed E-state index contributed by atoms with van der Waals surface area (Å²) in [5, 5.41) is 15.3. The van der Waals surface area contributed by atoms with Gasteiger partial charge in [0.15, 0.2) is 0 Å². The molecule has 0 bridgehead atoms. The van der Waals surface area contributed by atoms with Crippen molar-refractivity contribution in [3.63, 3.8) is 0 Å². The largest absolute Gasteiger partial charge is 0.481 e. The Kier molecular flexibility index (Phi) is 4.13. The number of anilines is 1. The van der Waals surface area contributed by atoms with E-state index in [1.165, 1.54) is 0 Å². The molecular weight excluding hydrogens is 280 g/mol. The molecule has 1 aliphatic heterocycles. The number of hydrogen-bond donors (Lipinski definition) is 3. The molecule has 0 saturated heterocycles. The van der Waals surface area contributed by atoms with Crippen molar-refractivity contribution in [2.45, 2.75) is 38.1 Å². The number of rotatable bonds is 3. The zero-order chi connectivity index (χ0) is 15.5. The maximum absolute atomic E-state index is 12.4. The third kappa shape index (κ3) is 2.98. The highest BCUT2D eigenvalue weighted by atomic mass is 16.4. The van der Waals surface area contributed by atoms with E-state index < -0.39 is 11.9 Å². The van der Waals surface area contributed by atoms with E-state index in [0.29, 0.717) is 18.5 Å². The smallest absolute Gasteiger partial charge is 0.308 e.